The van der Waals surface area contributed by atoms with Gasteiger partial charge in [0.1, 0.15) is 24.2 Å². The average Bonchev–Trinajstić information content (AvgIpc) is 3.29. The second kappa shape index (κ2) is 7.31. The third kappa shape index (κ3) is 3.29. The summed E-state index contributed by atoms with van der Waals surface area (Å²) in [6.45, 7) is 1.96. The molecule has 1 fully saturated rings. The number of ether oxygens (including phenoxy) is 1. The summed E-state index contributed by atoms with van der Waals surface area (Å²) in [6, 6.07) is 18.5. The summed E-state index contributed by atoms with van der Waals surface area (Å²) < 4.78 is 8.01. The van der Waals surface area contributed by atoms with Crippen molar-refractivity contribution in [2.75, 3.05) is 18.0 Å². The molecule has 0 spiro atoms. The molecule has 0 saturated carbocycles. The predicted molar refractivity (Wildman–Crippen MR) is 109 cm³/mol. The van der Waals surface area contributed by atoms with E-state index >= 15 is 0 Å². The molecule has 3 heterocycles. The van der Waals surface area contributed by atoms with Crippen LogP contribution < -0.4 is 9.64 Å². The van der Waals surface area contributed by atoms with Crippen molar-refractivity contribution in [1.29, 1.82) is 0 Å². The van der Waals surface area contributed by atoms with Gasteiger partial charge in [-0.25, -0.2) is 9.67 Å². The van der Waals surface area contributed by atoms with E-state index in [0.717, 1.165) is 48.3 Å². The molecule has 140 valence electrons. The fourth-order valence-corrected chi connectivity index (χ4v) is 3.85. The Morgan fingerprint density at radius 3 is 2.57 bits per heavy atom. The van der Waals surface area contributed by atoms with Crippen molar-refractivity contribution in [1.82, 2.24) is 19.7 Å². The van der Waals surface area contributed by atoms with Gasteiger partial charge in [0.05, 0.1) is 11.6 Å². The lowest BCUT2D eigenvalue weighted by atomic mass is 10.0. The second-order valence-corrected chi connectivity index (χ2v) is 7.02. The molecule has 1 aliphatic rings. The first-order valence-electron chi connectivity index (χ1n) is 9.57. The molecule has 0 N–H and O–H groups in total. The number of para-hydroxylation sites is 1. The number of benzene rings is 2. The number of aromatic nitrogens is 4. The molecular weight excluding hydrogens is 350 g/mol. The second-order valence-electron chi connectivity index (χ2n) is 7.02. The lowest BCUT2D eigenvalue weighted by molar-refractivity contribution is 0.366. The van der Waals surface area contributed by atoms with Crippen LogP contribution in [-0.2, 0) is 0 Å². The Bertz CT molecular complexity index is 1060. The van der Waals surface area contributed by atoms with E-state index in [1.807, 2.05) is 59.7 Å². The SMILES string of the molecule is c1ccc(Oc2ccc3nccc(N4CCC(n5cncn5)CC4)c3c2)cc1. The maximum Gasteiger partial charge on any atom is 0.137 e. The van der Waals surface area contributed by atoms with Gasteiger partial charge in [0, 0.05) is 30.4 Å². The van der Waals surface area contributed by atoms with Crippen LogP contribution in [0.25, 0.3) is 10.9 Å². The van der Waals surface area contributed by atoms with Crippen LogP contribution in [0.5, 0.6) is 11.5 Å². The zero-order valence-electron chi connectivity index (χ0n) is 15.5. The summed E-state index contributed by atoms with van der Waals surface area (Å²) >= 11 is 0. The molecule has 6 heteroatoms. The van der Waals surface area contributed by atoms with Crippen LogP contribution >= 0.6 is 0 Å². The molecular formula is C22H21N5O. The molecule has 0 amide bonds. The number of hydrogen-bond acceptors (Lipinski definition) is 5. The number of rotatable bonds is 4. The summed E-state index contributed by atoms with van der Waals surface area (Å²) in [5, 5.41) is 5.42. The molecule has 6 nitrogen and oxygen atoms in total. The largest absolute Gasteiger partial charge is 0.457 e. The number of pyridine rings is 1. The minimum absolute atomic E-state index is 0.420. The summed E-state index contributed by atoms with van der Waals surface area (Å²) in [5.74, 6) is 1.66. The molecule has 0 bridgehead atoms. The van der Waals surface area contributed by atoms with Gasteiger partial charge in [-0.1, -0.05) is 18.2 Å². The Morgan fingerprint density at radius 2 is 1.79 bits per heavy atom. The van der Waals surface area contributed by atoms with Gasteiger partial charge in [-0.2, -0.15) is 5.10 Å². The third-order valence-electron chi connectivity index (χ3n) is 5.28. The van der Waals surface area contributed by atoms with Crippen LogP contribution in [0.3, 0.4) is 0 Å². The first-order valence-corrected chi connectivity index (χ1v) is 9.57. The molecule has 5 rings (SSSR count). The Labute approximate surface area is 163 Å². The van der Waals surface area contributed by atoms with Crippen LogP contribution in [0.4, 0.5) is 5.69 Å². The Kier molecular flexibility index (Phi) is 4.37. The van der Waals surface area contributed by atoms with Gasteiger partial charge in [0.2, 0.25) is 0 Å². The van der Waals surface area contributed by atoms with Crippen LogP contribution in [-0.4, -0.2) is 32.8 Å². The first kappa shape index (κ1) is 16.7. The molecule has 28 heavy (non-hydrogen) atoms. The molecule has 4 aromatic rings. The Morgan fingerprint density at radius 1 is 0.929 bits per heavy atom. The fraction of sp³-hybridized carbons (Fsp3) is 0.227. The van der Waals surface area contributed by atoms with E-state index in [9.17, 15) is 0 Å². The molecule has 0 radical (unpaired) electrons. The number of fused-ring (bicyclic) bond motifs is 1. The van der Waals surface area contributed by atoms with Gasteiger partial charge in [-0.15, -0.1) is 0 Å². The van der Waals surface area contributed by atoms with Crippen LogP contribution in [0, 0.1) is 0 Å². The van der Waals surface area contributed by atoms with E-state index in [0.29, 0.717) is 6.04 Å². The lowest BCUT2D eigenvalue weighted by Crippen LogP contribution is -2.34. The van der Waals surface area contributed by atoms with E-state index in [4.69, 9.17) is 4.74 Å². The smallest absolute Gasteiger partial charge is 0.137 e. The van der Waals surface area contributed by atoms with Crippen molar-refractivity contribution >= 4 is 16.6 Å². The quantitative estimate of drug-likeness (QED) is 0.530. The van der Waals surface area contributed by atoms with E-state index in [1.165, 1.54) is 5.69 Å². The van der Waals surface area contributed by atoms with Gasteiger partial charge in [-0.05, 0) is 49.2 Å². The van der Waals surface area contributed by atoms with Crippen molar-refractivity contribution in [2.45, 2.75) is 18.9 Å². The van der Waals surface area contributed by atoms with Crippen molar-refractivity contribution in [3.63, 3.8) is 0 Å². The maximum atomic E-state index is 6.03. The maximum absolute atomic E-state index is 6.03. The molecule has 0 unspecified atom stereocenters. The topological polar surface area (TPSA) is 56.1 Å². The fourth-order valence-electron chi connectivity index (χ4n) is 3.85. The summed E-state index contributed by atoms with van der Waals surface area (Å²) in [4.78, 5) is 11.0. The summed E-state index contributed by atoms with van der Waals surface area (Å²) in [7, 11) is 0. The molecule has 0 atom stereocenters. The minimum Gasteiger partial charge on any atom is -0.457 e. The highest BCUT2D eigenvalue weighted by Crippen LogP contribution is 2.33. The van der Waals surface area contributed by atoms with E-state index in [-0.39, 0.29) is 0 Å². The molecule has 1 saturated heterocycles. The van der Waals surface area contributed by atoms with E-state index < -0.39 is 0 Å². The molecule has 2 aromatic carbocycles. The van der Waals surface area contributed by atoms with Crippen molar-refractivity contribution in [3.8, 4) is 11.5 Å². The first-order chi connectivity index (χ1) is 13.9. The highest BCUT2D eigenvalue weighted by atomic mass is 16.5. The van der Waals surface area contributed by atoms with Crippen LogP contribution in [0.15, 0.2) is 73.4 Å². The monoisotopic (exact) mass is 371 g/mol. The zero-order valence-corrected chi connectivity index (χ0v) is 15.5. The van der Waals surface area contributed by atoms with Crippen molar-refractivity contribution in [2.24, 2.45) is 0 Å². The Hall–Kier alpha value is -3.41. The van der Waals surface area contributed by atoms with Gasteiger partial charge in [-0.3, -0.25) is 4.98 Å². The third-order valence-corrected chi connectivity index (χ3v) is 5.28. The number of anilines is 1. The number of nitrogens with zero attached hydrogens (tertiary/aromatic N) is 5. The highest BCUT2D eigenvalue weighted by Gasteiger charge is 2.22. The Balaban J connectivity index is 1.40. The van der Waals surface area contributed by atoms with Crippen molar-refractivity contribution in [3.05, 3.63) is 73.4 Å². The van der Waals surface area contributed by atoms with Crippen LogP contribution in [0.1, 0.15) is 18.9 Å². The number of piperidine rings is 1. The summed E-state index contributed by atoms with van der Waals surface area (Å²) in [5.41, 5.74) is 2.19. The predicted octanol–water partition coefficient (Wildman–Crippen LogP) is 4.46. The van der Waals surface area contributed by atoms with Crippen LogP contribution in [0.2, 0.25) is 0 Å². The van der Waals surface area contributed by atoms with Crippen molar-refractivity contribution < 1.29 is 4.74 Å². The summed E-state index contributed by atoms with van der Waals surface area (Å²) in [6.07, 6.45) is 7.41. The van der Waals surface area contributed by atoms with Gasteiger partial charge >= 0.3 is 0 Å². The molecule has 2 aromatic heterocycles. The van der Waals surface area contributed by atoms with Gasteiger partial charge in [0.25, 0.3) is 0 Å². The van der Waals surface area contributed by atoms with E-state index in [1.54, 1.807) is 6.33 Å². The highest BCUT2D eigenvalue weighted by molar-refractivity contribution is 5.92. The van der Waals surface area contributed by atoms with Gasteiger partial charge < -0.3 is 9.64 Å². The average molecular weight is 371 g/mol. The molecule has 0 aliphatic carbocycles. The number of hydrogen-bond donors (Lipinski definition) is 0. The zero-order chi connectivity index (χ0) is 18.8. The minimum atomic E-state index is 0.420. The normalized spacial score (nSPS) is 15.1. The van der Waals surface area contributed by atoms with E-state index in [2.05, 4.69) is 32.1 Å². The standard InChI is InChI=1S/C22H21N5O/c1-2-4-18(5-3-1)28-19-6-7-21-20(14-19)22(8-11-24-21)26-12-9-17(10-13-26)27-16-23-15-25-27/h1-8,11,14-17H,9-10,12-13H2. The molecule has 1 aliphatic heterocycles. The van der Waals surface area contributed by atoms with Gasteiger partial charge in [0.15, 0.2) is 0 Å². The lowest BCUT2D eigenvalue weighted by Gasteiger charge is -2.34.